The Kier molecular flexibility index (Phi) is 4.19. The molecule has 1 aromatic heterocycles. The number of rotatable bonds is 3. The lowest BCUT2D eigenvalue weighted by molar-refractivity contribution is -0.155. The largest absolute Gasteiger partial charge is 0.458 e. The van der Waals surface area contributed by atoms with Gasteiger partial charge >= 0.3 is 5.97 Å². The maximum atomic E-state index is 13.1. The minimum absolute atomic E-state index is 0.00393. The van der Waals surface area contributed by atoms with Gasteiger partial charge in [-0.15, -0.1) is 0 Å². The number of amides is 1. The Hall–Kier alpha value is -2.02. The van der Waals surface area contributed by atoms with Crippen molar-refractivity contribution in [3.05, 3.63) is 23.8 Å². The molecule has 7 heteroatoms. The van der Waals surface area contributed by atoms with E-state index < -0.39 is 5.60 Å². The average Bonchev–Trinajstić information content (AvgIpc) is 3.19. The van der Waals surface area contributed by atoms with Crippen molar-refractivity contribution in [2.24, 2.45) is 5.92 Å². The molecule has 1 saturated heterocycles. The van der Waals surface area contributed by atoms with Gasteiger partial charge in [-0.3, -0.25) is 9.59 Å². The van der Waals surface area contributed by atoms with E-state index in [1.807, 2.05) is 18.2 Å². The molecule has 2 heterocycles. The Bertz CT molecular complexity index is 813. The van der Waals surface area contributed by atoms with Crippen molar-refractivity contribution >= 4 is 34.6 Å². The number of carbonyl (C=O) groups is 2. The van der Waals surface area contributed by atoms with Crippen LogP contribution in [-0.2, 0) is 20.9 Å². The number of nitrogens with zero attached hydrogens (tertiary/aromatic N) is 3. The highest BCUT2D eigenvalue weighted by molar-refractivity contribution is 7.00. The van der Waals surface area contributed by atoms with Gasteiger partial charge in [0.15, 0.2) is 0 Å². The molecule has 1 atom stereocenters. The predicted molar refractivity (Wildman–Crippen MR) is 93.9 cm³/mol. The molecule has 2 aliphatic rings. The molecule has 1 aliphatic heterocycles. The second-order valence-corrected chi connectivity index (χ2v) is 7.67. The maximum Gasteiger partial charge on any atom is 0.307 e. The molecule has 1 amide bonds. The second-order valence-electron chi connectivity index (χ2n) is 7.14. The molecule has 6 nitrogen and oxygen atoms in total. The van der Waals surface area contributed by atoms with Crippen molar-refractivity contribution in [3.63, 3.8) is 0 Å². The van der Waals surface area contributed by atoms with Crippen LogP contribution >= 0.6 is 11.7 Å². The summed E-state index contributed by atoms with van der Waals surface area (Å²) in [6.45, 7) is 0.493. The van der Waals surface area contributed by atoms with Gasteiger partial charge in [-0.1, -0.05) is 12.5 Å². The van der Waals surface area contributed by atoms with Gasteiger partial charge in [0.05, 0.1) is 24.1 Å². The number of esters is 1. The van der Waals surface area contributed by atoms with Crippen molar-refractivity contribution in [1.29, 1.82) is 0 Å². The molecule has 25 heavy (non-hydrogen) atoms. The van der Waals surface area contributed by atoms with E-state index in [0.29, 0.717) is 6.54 Å². The average molecular weight is 359 g/mol. The molecule has 0 unspecified atom stereocenters. The summed E-state index contributed by atoms with van der Waals surface area (Å²) in [5.74, 6) is -0.581. The molecular weight excluding hydrogens is 338 g/mol. The smallest absolute Gasteiger partial charge is 0.307 e. The summed E-state index contributed by atoms with van der Waals surface area (Å²) in [4.78, 5) is 26.7. The first-order chi connectivity index (χ1) is 12.1. The van der Waals surface area contributed by atoms with Crippen LogP contribution in [0.15, 0.2) is 18.2 Å². The van der Waals surface area contributed by atoms with Gasteiger partial charge in [0.2, 0.25) is 5.91 Å². The molecule has 1 aromatic carbocycles. The first kappa shape index (κ1) is 16.4. The Morgan fingerprint density at radius 1 is 1.28 bits per heavy atom. The zero-order chi connectivity index (χ0) is 17.4. The van der Waals surface area contributed by atoms with Gasteiger partial charge in [0.25, 0.3) is 0 Å². The molecule has 1 spiro atoms. The van der Waals surface area contributed by atoms with E-state index in [0.717, 1.165) is 48.7 Å². The van der Waals surface area contributed by atoms with E-state index >= 15 is 0 Å². The third-order valence-electron chi connectivity index (χ3n) is 5.44. The second kappa shape index (κ2) is 6.37. The van der Waals surface area contributed by atoms with Crippen LogP contribution in [0.2, 0.25) is 0 Å². The van der Waals surface area contributed by atoms with E-state index in [9.17, 15) is 9.59 Å². The molecule has 0 N–H and O–H groups in total. The lowest BCUT2D eigenvalue weighted by Gasteiger charge is -2.37. The van der Waals surface area contributed by atoms with Gasteiger partial charge in [-0.25, -0.2) is 0 Å². The van der Waals surface area contributed by atoms with Crippen LogP contribution in [0.1, 0.15) is 44.1 Å². The Morgan fingerprint density at radius 3 is 2.84 bits per heavy atom. The number of ether oxygens (including phenoxy) is 1. The zero-order valence-corrected chi connectivity index (χ0v) is 15.1. The molecule has 1 saturated carbocycles. The first-order valence-corrected chi connectivity index (χ1v) is 9.48. The summed E-state index contributed by atoms with van der Waals surface area (Å²) in [5.41, 5.74) is 2.17. The molecular formula is C18H21N3O3S. The number of carbonyl (C=O) groups excluding carboxylic acids is 2. The van der Waals surface area contributed by atoms with E-state index in [4.69, 9.17) is 4.74 Å². The van der Waals surface area contributed by atoms with Crippen molar-refractivity contribution in [2.75, 3.05) is 7.05 Å². The number of aromatic nitrogens is 2. The highest BCUT2D eigenvalue weighted by Crippen LogP contribution is 2.44. The number of hydrogen-bond donors (Lipinski definition) is 0. The fraction of sp³-hybridized carbons (Fsp3) is 0.556. The highest BCUT2D eigenvalue weighted by Gasteiger charge is 2.53. The Morgan fingerprint density at radius 2 is 2.04 bits per heavy atom. The van der Waals surface area contributed by atoms with Gasteiger partial charge < -0.3 is 9.64 Å². The SMILES string of the molecule is CN(Cc1ccc2nsnc2c1)C(=O)[C@@H]1CC(=O)OC12CCCCC2. The summed E-state index contributed by atoms with van der Waals surface area (Å²) in [6, 6.07) is 5.87. The summed E-state index contributed by atoms with van der Waals surface area (Å²) in [5, 5.41) is 0. The third-order valence-corrected chi connectivity index (χ3v) is 5.99. The van der Waals surface area contributed by atoms with Crippen molar-refractivity contribution < 1.29 is 14.3 Å². The van der Waals surface area contributed by atoms with Crippen LogP contribution in [0.3, 0.4) is 0 Å². The summed E-state index contributed by atoms with van der Waals surface area (Å²) in [7, 11) is 1.80. The lowest BCUT2D eigenvalue weighted by atomic mass is 9.75. The summed E-state index contributed by atoms with van der Waals surface area (Å²) >= 11 is 1.19. The first-order valence-electron chi connectivity index (χ1n) is 8.75. The van der Waals surface area contributed by atoms with E-state index in [1.54, 1.807) is 11.9 Å². The van der Waals surface area contributed by atoms with Crippen LogP contribution in [0.5, 0.6) is 0 Å². The molecule has 4 rings (SSSR count). The third kappa shape index (κ3) is 3.01. The Balaban J connectivity index is 1.51. The lowest BCUT2D eigenvalue weighted by Crippen LogP contribution is -2.46. The fourth-order valence-electron chi connectivity index (χ4n) is 4.15. The fourth-order valence-corrected chi connectivity index (χ4v) is 4.67. The van der Waals surface area contributed by atoms with Gasteiger partial charge in [-0.2, -0.15) is 8.75 Å². The number of benzene rings is 1. The quantitative estimate of drug-likeness (QED) is 0.788. The van der Waals surface area contributed by atoms with Crippen LogP contribution in [0.4, 0.5) is 0 Å². The molecule has 2 fully saturated rings. The van der Waals surface area contributed by atoms with Crippen LogP contribution in [0.25, 0.3) is 11.0 Å². The van der Waals surface area contributed by atoms with Crippen LogP contribution < -0.4 is 0 Å². The van der Waals surface area contributed by atoms with E-state index in [1.165, 1.54) is 11.7 Å². The topological polar surface area (TPSA) is 72.4 Å². The van der Waals surface area contributed by atoms with Crippen LogP contribution in [-0.4, -0.2) is 38.2 Å². The van der Waals surface area contributed by atoms with Crippen molar-refractivity contribution in [3.8, 4) is 0 Å². The van der Waals surface area contributed by atoms with Gasteiger partial charge in [0.1, 0.15) is 16.6 Å². The minimum Gasteiger partial charge on any atom is -0.458 e. The molecule has 0 bridgehead atoms. The normalized spacial score (nSPS) is 22.3. The molecule has 2 aromatic rings. The van der Waals surface area contributed by atoms with E-state index in [-0.39, 0.29) is 24.2 Å². The van der Waals surface area contributed by atoms with Gasteiger partial charge in [0, 0.05) is 13.6 Å². The maximum absolute atomic E-state index is 13.1. The number of hydrogen-bond acceptors (Lipinski definition) is 6. The Labute approximate surface area is 150 Å². The zero-order valence-electron chi connectivity index (χ0n) is 14.2. The molecule has 132 valence electrons. The standard InChI is InChI=1S/C18H21N3O3S/c1-21(11-12-5-6-14-15(9-12)20-25-19-14)17(23)13-10-16(22)24-18(13)7-3-2-4-8-18/h5-6,9,13H,2-4,7-8,10-11H2,1H3/t13-/m0/s1. The summed E-state index contributed by atoms with van der Waals surface area (Å²) in [6.07, 6.45) is 5.01. The highest BCUT2D eigenvalue weighted by atomic mass is 32.1. The van der Waals surface area contributed by atoms with Crippen molar-refractivity contribution in [2.45, 2.75) is 50.7 Å². The van der Waals surface area contributed by atoms with Crippen LogP contribution in [0, 0.1) is 5.92 Å². The predicted octanol–water partition coefficient (Wildman–Crippen LogP) is 2.92. The van der Waals surface area contributed by atoms with Gasteiger partial charge in [-0.05, 0) is 43.4 Å². The molecule has 0 radical (unpaired) electrons. The number of fused-ring (bicyclic) bond motifs is 1. The molecule has 1 aliphatic carbocycles. The summed E-state index contributed by atoms with van der Waals surface area (Å²) < 4.78 is 14.1. The van der Waals surface area contributed by atoms with E-state index in [2.05, 4.69) is 8.75 Å². The minimum atomic E-state index is -0.566. The van der Waals surface area contributed by atoms with Crippen molar-refractivity contribution in [1.82, 2.24) is 13.6 Å². The monoisotopic (exact) mass is 359 g/mol.